The molecular formula is C24H17F6N5O5S. The van der Waals surface area contributed by atoms with E-state index in [9.17, 15) is 39.6 Å². The molecule has 0 unspecified atom stereocenters. The van der Waals surface area contributed by atoms with Gasteiger partial charge in [0.2, 0.25) is 21.2 Å². The number of amides is 1. The van der Waals surface area contributed by atoms with E-state index in [1.165, 1.54) is 18.3 Å². The Kier molecular flexibility index (Phi) is 7.56. The van der Waals surface area contributed by atoms with Crippen LogP contribution in [-0.4, -0.2) is 52.8 Å². The molecule has 4 heterocycles. The molecule has 3 aromatic heterocycles. The minimum atomic E-state index is -4.70. The lowest BCUT2D eigenvalue weighted by Gasteiger charge is -2.15. The van der Waals surface area contributed by atoms with E-state index < -0.39 is 80.8 Å². The first-order valence-electron chi connectivity index (χ1n) is 11.6. The first kappa shape index (κ1) is 28.3. The van der Waals surface area contributed by atoms with Crippen LogP contribution in [0, 0.1) is 5.82 Å². The van der Waals surface area contributed by atoms with Gasteiger partial charge >= 0.3 is 6.61 Å². The van der Waals surface area contributed by atoms with Crippen LogP contribution >= 0.6 is 0 Å². The van der Waals surface area contributed by atoms with Crippen molar-refractivity contribution in [1.29, 1.82) is 0 Å². The van der Waals surface area contributed by atoms with Gasteiger partial charge in [0, 0.05) is 28.3 Å². The summed E-state index contributed by atoms with van der Waals surface area (Å²) in [5.74, 6) is -2.95. The van der Waals surface area contributed by atoms with Crippen molar-refractivity contribution in [3.8, 4) is 11.7 Å². The smallest absolute Gasteiger partial charge is 0.388 e. The molecule has 0 saturated carbocycles. The molecule has 0 aliphatic carbocycles. The molecule has 1 aromatic carbocycles. The number of carbonyl (C=O) groups excluding carboxylic acids is 1. The summed E-state index contributed by atoms with van der Waals surface area (Å²) in [6.45, 7) is -4.96. The van der Waals surface area contributed by atoms with Gasteiger partial charge in [-0.15, -0.1) is 5.10 Å². The Morgan fingerprint density at radius 3 is 2.71 bits per heavy atom. The quantitative estimate of drug-likeness (QED) is 0.315. The van der Waals surface area contributed by atoms with Crippen LogP contribution in [0.3, 0.4) is 0 Å². The summed E-state index contributed by atoms with van der Waals surface area (Å²) < 4.78 is 115. The van der Waals surface area contributed by atoms with E-state index in [-0.39, 0.29) is 18.1 Å². The van der Waals surface area contributed by atoms with Crippen molar-refractivity contribution in [3.63, 3.8) is 0 Å². The molecule has 0 spiro atoms. The number of aromatic nitrogens is 4. The lowest BCUT2D eigenvalue weighted by atomic mass is 10.0. The van der Waals surface area contributed by atoms with Gasteiger partial charge in [-0.1, -0.05) is 0 Å². The van der Waals surface area contributed by atoms with Crippen molar-refractivity contribution in [1.82, 2.24) is 25.1 Å². The third-order valence-electron chi connectivity index (χ3n) is 6.00. The second-order valence-electron chi connectivity index (χ2n) is 8.64. The van der Waals surface area contributed by atoms with Crippen molar-refractivity contribution < 1.29 is 49.0 Å². The van der Waals surface area contributed by atoms with Crippen LogP contribution in [0.25, 0.3) is 16.7 Å². The lowest BCUT2D eigenvalue weighted by Crippen LogP contribution is -2.25. The Bertz CT molecular complexity index is 1750. The second kappa shape index (κ2) is 11.0. The number of nitrogens with zero attached hydrogens (tertiary/aromatic N) is 4. The van der Waals surface area contributed by atoms with Gasteiger partial charge in [-0.3, -0.25) is 9.78 Å². The van der Waals surface area contributed by atoms with Crippen molar-refractivity contribution in [2.24, 2.45) is 0 Å². The van der Waals surface area contributed by atoms with Gasteiger partial charge in [0.25, 0.3) is 18.2 Å². The largest absolute Gasteiger partial charge is 0.413 e. The number of hydrogen-bond donors (Lipinski definition) is 1. The molecule has 0 radical (unpaired) electrons. The molecule has 1 aliphatic rings. The molecule has 5 rings (SSSR count). The molecule has 0 saturated heterocycles. The van der Waals surface area contributed by atoms with E-state index >= 15 is 0 Å². The fraction of sp³-hybridized carbons (Fsp3) is 0.250. The highest BCUT2D eigenvalue weighted by Crippen LogP contribution is 2.34. The molecule has 10 nitrogen and oxygen atoms in total. The predicted molar refractivity (Wildman–Crippen MR) is 128 cm³/mol. The Hall–Kier alpha value is -4.25. The molecule has 17 heteroatoms. The number of ether oxygens (including phenoxy) is 2. The average Bonchev–Trinajstić information content (AvgIpc) is 3.24. The molecule has 216 valence electrons. The van der Waals surface area contributed by atoms with Gasteiger partial charge in [0.05, 0.1) is 42.1 Å². The van der Waals surface area contributed by atoms with Crippen LogP contribution < -0.4 is 10.1 Å². The molecule has 1 aliphatic heterocycles. The molecule has 41 heavy (non-hydrogen) atoms. The van der Waals surface area contributed by atoms with Crippen molar-refractivity contribution in [2.45, 2.75) is 36.6 Å². The van der Waals surface area contributed by atoms with Gasteiger partial charge in [-0.2, -0.15) is 13.2 Å². The average molecular weight is 601 g/mol. The summed E-state index contributed by atoms with van der Waals surface area (Å²) >= 11 is 0. The molecule has 1 atom stereocenters. The Morgan fingerprint density at radius 2 is 1.98 bits per heavy atom. The van der Waals surface area contributed by atoms with E-state index in [1.54, 1.807) is 6.07 Å². The van der Waals surface area contributed by atoms with Crippen LogP contribution in [0.5, 0.6) is 5.88 Å². The lowest BCUT2D eigenvalue weighted by molar-refractivity contribution is -0.0553. The zero-order chi connectivity index (χ0) is 29.5. The number of sulfone groups is 1. The maximum absolute atomic E-state index is 14.2. The zero-order valence-corrected chi connectivity index (χ0v) is 21.2. The third kappa shape index (κ3) is 5.67. The fourth-order valence-electron chi connectivity index (χ4n) is 4.05. The van der Waals surface area contributed by atoms with E-state index in [0.717, 1.165) is 23.0 Å². The van der Waals surface area contributed by atoms with Crippen molar-refractivity contribution in [3.05, 3.63) is 70.9 Å². The van der Waals surface area contributed by atoms with E-state index in [0.29, 0.717) is 10.9 Å². The van der Waals surface area contributed by atoms with Gasteiger partial charge in [-0.25, -0.2) is 31.3 Å². The van der Waals surface area contributed by atoms with Crippen LogP contribution in [-0.2, 0) is 27.7 Å². The third-order valence-corrected chi connectivity index (χ3v) is 7.79. The summed E-state index contributed by atoms with van der Waals surface area (Å²) in [5, 5.41) is 6.54. The Labute approximate surface area is 226 Å². The van der Waals surface area contributed by atoms with Gasteiger partial charge < -0.3 is 14.8 Å². The number of halogens is 6. The molecular weight excluding hydrogens is 584 g/mol. The van der Waals surface area contributed by atoms with E-state index in [2.05, 4.69) is 25.1 Å². The highest BCUT2D eigenvalue weighted by molar-refractivity contribution is 7.92. The van der Waals surface area contributed by atoms with Crippen LogP contribution in [0.15, 0.2) is 47.6 Å². The zero-order valence-electron chi connectivity index (χ0n) is 20.4. The van der Waals surface area contributed by atoms with E-state index in [1.807, 2.05) is 0 Å². The summed E-state index contributed by atoms with van der Waals surface area (Å²) in [5.41, 5.74) is -3.60. The highest BCUT2D eigenvalue weighted by atomic mass is 32.2. The molecule has 1 N–H and O–H groups in total. The fourth-order valence-corrected chi connectivity index (χ4v) is 5.41. The topological polar surface area (TPSA) is 125 Å². The molecule has 1 amide bonds. The maximum atomic E-state index is 14.2. The predicted octanol–water partition coefficient (Wildman–Crippen LogP) is 4.02. The number of benzene rings is 1. The number of pyridine rings is 2. The molecule has 4 aromatic rings. The standard InChI is InChI=1S/C24H17F6N5O5S/c25-16-8-35(34-23(16)40-24(29)30)20-2-1-11-6-31-13(5-17(11)33-20)7-32-22(36)12-3-14(21(27)28)15-9-39-10-19(26)41(37,38)18(15)4-12/h1-6,8,19,21,24H,7,9-10H2,(H,32,36)/t19-/m1/s1. The normalized spacial score (nSPS) is 16.5. The summed E-state index contributed by atoms with van der Waals surface area (Å²) in [6.07, 6.45) is -0.983. The van der Waals surface area contributed by atoms with Crippen LogP contribution in [0.2, 0.25) is 0 Å². The monoisotopic (exact) mass is 601 g/mol. The Balaban J connectivity index is 1.39. The number of carbonyl (C=O) groups is 1. The van der Waals surface area contributed by atoms with Gasteiger partial charge in [0.1, 0.15) is 0 Å². The van der Waals surface area contributed by atoms with Crippen molar-refractivity contribution in [2.75, 3.05) is 6.61 Å². The second-order valence-corrected chi connectivity index (χ2v) is 10.7. The number of alkyl halides is 5. The van der Waals surface area contributed by atoms with Gasteiger partial charge in [-0.05, 0) is 30.3 Å². The van der Waals surface area contributed by atoms with E-state index in [4.69, 9.17) is 4.74 Å². The molecule has 0 bridgehead atoms. The summed E-state index contributed by atoms with van der Waals surface area (Å²) in [6, 6.07) is 6.04. The first-order chi connectivity index (χ1) is 19.4. The highest BCUT2D eigenvalue weighted by Gasteiger charge is 2.36. The SMILES string of the molecule is O=C(NCc1cc2nc(-n3cc(F)c(OC(F)F)n3)ccc2cn1)c1cc(C(F)F)c2c(c1)S(=O)(=O)[C@@H](F)COC2. The van der Waals surface area contributed by atoms with Crippen LogP contribution in [0.4, 0.5) is 26.3 Å². The maximum Gasteiger partial charge on any atom is 0.388 e. The summed E-state index contributed by atoms with van der Waals surface area (Å²) in [7, 11) is -4.70. The van der Waals surface area contributed by atoms with Gasteiger partial charge in [0.15, 0.2) is 5.82 Å². The first-order valence-corrected chi connectivity index (χ1v) is 13.1. The molecule has 0 fully saturated rings. The van der Waals surface area contributed by atoms with Crippen LogP contribution in [0.1, 0.15) is 33.6 Å². The number of rotatable bonds is 7. The Morgan fingerprint density at radius 1 is 1.20 bits per heavy atom. The number of nitrogens with one attached hydrogen (secondary N) is 1. The van der Waals surface area contributed by atoms with Crippen molar-refractivity contribution >= 4 is 26.6 Å². The minimum absolute atomic E-state index is 0.0440. The minimum Gasteiger partial charge on any atom is -0.413 e. The summed E-state index contributed by atoms with van der Waals surface area (Å²) in [4.78, 5) is 20.5. The number of hydrogen-bond acceptors (Lipinski definition) is 8. The number of fused-ring (bicyclic) bond motifs is 2.